The van der Waals surface area contributed by atoms with Crippen molar-refractivity contribution in [3.63, 3.8) is 0 Å². The topological polar surface area (TPSA) is 100 Å². The van der Waals surface area contributed by atoms with E-state index in [1.807, 2.05) is 30.8 Å². The van der Waals surface area contributed by atoms with Crippen molar-refractivity contribution in [2.45, 2.75) is 45.4 Å². The molecule has 1 aromatic heterocycles. The molecule has 2 unspecified atom stereocenters. The lowest BCUT2D eigenvalue weighted by Gasteiger charge is -2.47. The fourth-order valence-corrected chi connectivity index (χ4v) is 6.21. The quantitative estimate of drug-likeness (QED) is 0.0968. The van der Waals surface area contributed by atoms with Gasteiger partial charge in [0.2, 0.25) is 12.2 Å². The summed E-state index contributed by atoms with van der Waals surface area (Å²) in [6, 6.07) is 5.72. The molecule has 42 heavy (non-hydrogen) atoms. The lowest BCUT2D eigenvalue weighted by molar-refractivity contribution is -0.671. The number of benzene rings is 1. The van der Waals surface area contributed by atoms with E-state index in [-0.39, 0.29) is 43.4 Å². The van der Waals surface area contributed by atoms with Crippen LogP contribution in [0.1, 0.15) is 25.8 Å². The summed E-state index contributed by atoms with van der Waals surface area (Å²) < 4.78 is 27.0. The Morgan fingerprint density at radius 3 is 2.60 bits per heavy atom. The second-order valence-electron chi connectivity index (χ2n) is 10.4. The van der Waals surface area contributed by atoms with Crippen LogP contribution >= 0.6 is 22.6 Å². The van der Waals surface area contributed by atoms with Crippen LogP contribution in [0.3, 0.4) is 0 Å². The van der Waals surface area contributed by atoms with Crippen molar-refractivity contribution in [3.8, 4) is 5.75 Å². The van der Waals surface area contributed by atoms with E-state index in [9.17, 15) is 14.4 Å². The van der Waals surface area contributed by atoms with Gasteiger partial charge in [0.15, 0.2) is 0 Å². The van der Waals surface area contributed by atoms with Crippen molar-refractivity contribution in [1.29, 1.82) is 0 Å². The van der Waals surface area contributed by atoms with Crippen LogP contribution in [-0.2, 0) is 43.8 Å². The highest BCUT2D eigenvalue weighted by Gasteiger charge is 2.61. The van der Waals surface area contributed by atoms with Gasteiger partial charge >= 0.3 is 12.1 Å². The molecule has 0 spiro atoms. The molecule has 0 aliphatic carbocycles. The molecule has 0 radical (unpaired) electrons. The van der Waals surface area contributed by atoms with Crippen molar-refractivity contribution >= 4 is 40.6 Å². The molecule has 1 amide bonds. The maximum atomic E-state index is 13.3. The van der Waals surface area contributed by atoms with Gasteiger partial charge in [0.25, 0.3) is 0 Å². The van der Waals surface area contributed by atoms with Crippen LogP contribution in [0.2, 0.25) is 0 Å². The first kappa shape index (κ1) is 31.3. The van der Waals surface area contributed by atoms with Crippen molar-refractivity contribution in [1.82, 2.24) is 9.47 Å². The third-order valence-corrected chi connectivity index (χ3v) is 8.36. The van der Waals surface area contributed by atoms with Crippen LogP contribution in [0.15, 0.2) is 73.5 Å². The van der Waals surface area contributed by atoms with Gasteiger partial charge < -0.3 is 23.8 Å². The van der Waals surface area contributed by atoms with Gasteiger partial charge in [0.1, 0.15) is 49.8 Å². The SMILES string of the molecule is C=CCOC(=O)OC(C)[C@H]1C(=O)N2C(C(=O)OCC=C)=C(COc3ccc(CCCn4cc[n+](C)c4)cc3I)C(C)[C@H]12. The molecule has 4 rings (SSSR count). The van der Waals surface area contributed by atoms with Crippen molar-refractivity contribution < 1.29 is 37.9 Å². The van der Waals surface area contributed by atoms with Crippen molar-refractivity contribution in [2.75, 3.05) is 19.8 Å². The normalized spacial score (nSPS) is 20.0. The van der Waals surface area contributed by atoms with Crippen LogP contribution in [-0.4, -0.2) is 59.5 Å². The fourth-order valence-electron chi connectivity index (χ4n) is 5.47. The monoisotopic (exact) mass is 690 g/mol. The number of hydrogen-bond acceptors (Lipinski definition) is 7. The first-order valence-electron chi connectivity index (χ1n) is 13.9. The number of imidazole rings is 1. The number of ether oxygens (including phenoxy) is 4. The number of β-lactam (4-membered cyclic amide) rings is 1. The zero-order chi connectivity index (χ0) is 30.4. The Morgan fingerprint density at radius 2 is 1.93 bits per heavy atom. The average Bonchev–Trinajstić information content (AvgIpc) is 3.48. The van der Waals surface area contributed by atoms with Gasteiger partial charge in [-0.05, 0) is 60.1 Å². The number of esters is 1. The van der Waals surface area contributed by atoms with Gasteiger partial charge in [0.05, 0.1) is 29.1 Å². The summed E-state index contributed by atoms with van der Waals surface area (Å²) in [5, 5.41) is 0. The van der Waals surface area contributed by atoms with E-state index in [4.69, 9.17) is 18.9 Å². The van der Waals surface area contributed by atoms with Gasteiger partial charge in [-0.25, -0.2) is 18.7 Å². The number of nitrogens with zero attached hydrogens (tertiary/aromatic N) is 3. The van der Waals surface area contributed by atoms with E-state index in [0.29, 0.717) is 11.3 Å². The number of halogens is 1. The van der Waals surface area contributed by atoms with E-state index in [1.54, 1.807) is 6.92 Å². The zero-order valence-electron chi connectivity index (χ0n) is 24.2. The van der Waals surface area contributed by atoms with Gasteiger partial charge in [0, 0.05) is 11.5 Å². The molecule has 2 aliphatic rings. The van der Waals surface area contributed by atoms with Gasteiger partial charge in [-0.3, -0.25) is 4.79 Å². The number of fused-ring (bicyclic) bond motifs is 1. The number of aryl methyl sites for hydroxylation is 3. The number of aromatic nitrogens is 2. The number of rotatable bonds is 14. The molecule has 2 aliphatic heterocycles. The molecule has 0 N–H and O–H groups in total. The molecule has 1 aromatic carbocycles. The summed E-state index contributed by atoms with van der Waals surface area (Å²) in [4.78, 5) is 39.8. The molecule has 2 aromatic rings. The second kappa shape index (κ2) is 14.0. The minimum atomic E-state index is -0.877. The molecule has 4 atom stereocenters. The Morgan fingerprint density at radius 1 is 1.19 bits per heavy atom. The van der Waals surface area contributed by atoms with E-state index in [0.717, 1.165) is 23.0 Å². The first-order valence-corrected chi connectivity index (χ1v) is 14.9. The van der Waals surface area contributed by atoms with Gasteiger partial charge in [-0.15, -0.1) is 0 Å². The summed E-state index contributed by atoms with van der Waals surface area (Å²) in [6.07, 6.45) is 9.35. The Kier molecular flexibility index (Phi) is 10.5. The van der Waals surface area contributed by atoms with Crippen LogP contribution in [0, 0.1) is 15.4 Å². The summed E-state index contributed by atoms with van der Waals surface area (Å²) >= 11 is 2.25. The molecule has 11 heteroatoms. The molecule has 0 bridgehead atoms. The molecule has 10 nitrogen and oxygen atoms in total. The molecule has 0 saturated carbocycles. The minimum absolute atomic E-state index is 0.00495. The van der Waals surface area contributed by atoms with Gasteiger partial charge in [-0.1, -0.05) is 38.3 Å². The lowest BCUT2D eigenvalue weighted by atomic mass is 9.77. The highest BCUT2D eigenvalue weighted by molar-refractivity contribution is 14.1. The smallest absolute Gasteiger partial charge is 0.488 e. The number of amides is 1. The zero-order valence-corrected chi connectivity index (χ0v) is 26.3. The highest BCUT2D eigenvalue weighted by Crippen LogP contribution is 2.48. The number of carbonyl (C=O) groups is 3. The van der Waals surface area contributed by atoms with Crippen LogP contribution in [0.5, 0.6) is 5.75 Å². The molecule has 1 fully saturated rings. The summed E-state index contributed by atoms with van der Waals surface area (Å²) in [6.45, 7) is 11.7. The van der Waals surface area contributed by atoms with E-state index in [2.05, 4.69) is 65.0 Å². The van der Waals surface area contributed by atoms with Gasteiger partial charge in [-0.2, -0.15) is 0 Å². The third kappa shape index (κ3) is 6.88. The van der Waals surface area contributed by atoms with Crippen LogP contribution in [0.25, 0.3) is 0 Å². The van der Waals surface area contributed by atoms with Crippen LogP contribution < -0.4 is 9.30 Å². The Hall–Kier alpha value is -3.61. The fraction of sp³-hybridized carbons (Fsp3) is 0.419. The third-order valence-electron chi connectivity index (χ3n) is 7.51. The van der Waals surface area contributed by atoms with E-state index in [1.165, 1.54) is 22.6 Å². The first-order chi connectivity index (χ1) is 20.2. The molecule has 3 heterocycles. The molecule has 1 saturated heterocycles. The largest absolute Gasteiger partial charge is 0.508 e. The standard InChI is InChI=1S/C31H37IN3O7/c1-6-15-39-30(37)28-23(20(3)27-26(29(36)35(27)28)21(4)42-31(38)40-16-7-2)18-41-25-11-10-22(17-24(25)32)9-8-12-34-14-13-33(5)19-34/h6-7,10-11,13-14,17,19-21,26-27H,1-2,8-9,12,15-16,18H2,3-5H3/q+1/t20?,21?,26-,27-/m1/s1. The average molecular weight is 691 g/mol. The predicted molar refractivity (Wildman–Crippen MR) is 162 cm³/mol. The molecule has 224 valence electrons. The number of hydrogen-bond donors (Lipinski definition) is 0. The second-order valence-corrected chi connectivity index (χ2v) is 11.6. The lowest BCUT2D eigenvalue weighted by Crippen LogP contribution is -2.64. The van der Waals surface area contributed by atoms with E-state index < -0.39 is 24.1 Å². The summed E-state index contributed by atoms with van der Waals surface area (Å²) in [7, 11) is 2.00. The van der Waals surface area contributed by atoms with Crippen molar-refractivity contribution in [2.24, 2.45) is 18.9 Å². The van der Waals surface area contributed by atoms with E-state index >= 15 is 0 Å². The molecular formula is C31H37IN3O7+. The Balaban J connectivity index is 1.45. The maximum Gasteiger partial charge on any atom is 0.508 e. The summed E-state index contributed by atoms with van der Waals surface area (Å²) in [5.74, 6) is -1.11. The Labute approximate surface area is 259 Å². The highest BCUT2D eigenvalue weighted by atomic mass is 127. The molecular weight excluding hydrogens is 653 g/mol. The van der Waals surface area contributed by atoms with Crippen molar-refractivity contribution in [3.05, 3.63) is 82.6 Å². The Bertz CT molecular complexity index is 1380. The number of carbonyl (C=O) groups excluding carboxylic acids is 3. The predicted octanol–water partition coefficient (Wildman–Crippen LogP) is 4.12. The minimum Gasteiger partial charge on any atom is -0.488 e. The maximum absolute atomic E-state index is 13.3. The summed E-state index contributed by atoms with van der Waals surface area (Å²) in [5.41, 5.74) is 2.05. The van der Waals surface area contributed by atoms with Crippen LogP contribution in [0.4, 0.5) is 4.79 Å².